The van der Waals surface area contributed by atoms with Gasteiger partial charge in [0, 0.05) is 4.47 Å². The molecule has 0 saturated heterocycles. The van der Waals surface area contributed by atoms with E-state index in [1.165, 1.54) is 0 Å². The molecule has 0 aliphatic heterocycles. The van der Waals surface area contributed by atoms with Gasteiger partial charge in [0.1, 0.15) is 12.4 Å². The molecule has 4 nitrogen and oxygen atoms in total. The van der Waals surface area contributed by atoms with Crippen molar-refractivity contribution in [1.82, 2.24) is 4.90 Å². The van der Waals surface area contributed by atoms with Gasteiger partial charge in [0.2, 0.25) is 0 Å². The molecule has 0 unspecified atom stereocenters. The minimum absolute atomic E-state index is 0.239. The summed E-state index contributed by atoms with van der Waals surface area (Å²) in [4.78, 5) is 14.3. The molecular formula is C21H20BrNO3. The Morgan fingerprint density at radius 3 is 2.58 bits per heavy atom. The SMILES string of the molecule is Cc1ccc(CN(Cc2ccco2)C(=O)OCc2ccccc2)c(Br)c1. The molecule has 1 heterocycles. The second-order valence-electron chi connectivity index (χ2n) is 6.07. The molecule has 0 radical (unpaired) electrons. The summed E-state index contributed by atoms with van der Waals surface area (Å²) in [5.41, 5.74) is 3.12. The lowest BCUT2D eigenvalue weighted by atomic mass is 10.1. The lowest BCUT2D eigenvalue weighted by Crippen LogP contribution is -2.30. The van der Waals surface area contributed by atoms with Crippen LogP contribution in [0.5, 0.6) is 0 Å². The third kappa shape index (κ3) is 4.99. The van der Waals surface area contributed by atoms with Gasteiger partial charge >= 0.3 is 6.09 Å². The van der Waals surface area contributed by atoms with E-state index in [-0.39, 0.29) is 12.7 Å². The summed E-state index contributed by atoms with van der Waals surface area (Å²) in [6.45, 7) is 3.04. The molecular weight excluding hydrogens is 394 g/mol. The Bertz CT molecular complexity index is 847. The van der Waals surface area contributed by atoms with Crippen LogP contribution in [0.25, 0.3) is 0 Å². The molecule has 0 fully saturated rings. The second-order valence-corrected chi connectivity index (χ2v) is 6.92. The van der Waals surface area contributed by atoms with Gasteiger partial charge in [-0.1, -0.05) is 58.4 Å². The van der Waals surface area contributed by atoms with Gasteiger partial charge in [0.25, 0.3) is 0 Å². The topological polar surface area (TPSA) is 42.7 Å². The smallest absolute Gasteiger partial charge is 0.410 e. The van der Waals surface area contributed by atoms with E-state index in [1.54, 1.807) is 11.2 Å². The predicted octanol–water partition coefficient (Wildman–Crippen LogP) is 5.69. The fourth-order valence-corrected chi connectivity index (χ4v) is 3.19. The summed E-state index contributed by atoms with van der Waals surface area (Å²) in [6.07, 6.45) is 1.22. The van der Waals surface area contributed by atoms with Gasteiger partial charge in [-0.05, 0) is 41.8 Å². The number of furan rings is 1. The first-order valence-electron chi connectivity index (χ1n) is 8.35. The van der Waals surface area contributed by atoms with Crippen molar-refractivity contribution in [1.29, 1.82) is 0 Å². The molecule has 1 amide bonds. The zero-order valence-corrected chi connectivity index (χ0v) is 16.1. The van der Waals surface area contributed by atoms with Crippen molar-refractivity contribution in [3.05, 3.63) is 93.9 Å². The molecule has 0 spiro atoms. The highest BCUT2D eigenvalue weighted by molar-refractivity contribution is 9.10. The molecule has 3 rings (SSSR count). The van der Waals surface area contributed by atoms with Crippen molar-refractivity contribution in [3.8, 4) is 0 Å². The molecule has 26 heavy (non-hydrogen) atoms. The Hall–Kier alpha value is -2.53. The van der Waals surface area contributed by atoms with E-state index >= 15 is 0 Å². The number of rotatable bonds is 6. The maximum Gasteiger partial charge on any atom is 0.410 e. The normalized spacial score (nSPS) is 10.5. The fourth-order valence-electron chi connectivity index (χ4n) is 2.57. The maximum atomic E-state index is 12.7. The van der Waals surface area contributed by atoms with Crippen LogP contribution in [0.2, 0.25) is 0 Å². The van der Waals surface area contributed by atoms with Crippen LogP contribution in [-0.2, 0) is 24.4 Å². The van der Waals surface area contributed by atoms with Crippen LogP contribution in [-0.4, -0.2) is 11.0 Å². The summed E-state index contributed by atoms with van der Waals surface area (Å²) in [5, 5.41) is 0. The zero-order valence-electron chi connectivity index (χ0n) is 14.5. The standard InChI is InChI=1S/C21H20BrNO3/c1-16-9-10-18(20(22)12-16)13-23(14-19-8-5-11-25-19)21(24)26-15-17-6-3-2-4-7-17/h2-12H,13-15H2,1H3. The van der Waals surface area contributed by atoms with Crippen LogP contribution in [0.15, 0.2) is 75.8 Å². The average molecular weight is 414 g/mol. The molecule has 0 aliphatic rings. The number of carbonyl (C=O) groups is 1. The predicted molar refractivity (Wildman–Crippen MR) is 103 cm³/mol. The summed E-state index contributed by atoms with van der Waals surface area (Å²) in [5.74, 6) is 0.713. The van der Waals surface area contributed by atoms with Gasteiger partial charge in [-0.25, -0.2) is 4.79 Å². The molecule has 134 valence electrons. The molecule has 0 bridgehead atoms. The molecule has 0 saturated carbocycles. The van der Waals surface area contributed by atoms with Crippen LogP contribution in [0.3, 0.4) is 0 Å². The Kier molecular flexibility index (Phi) is 6.12. The molecule has 5 heteroatoms. The monoisotopic (exact) mass is 413 g/mol. The highest BCUT2D eigenvalue weighted by Crippen LogP contribution is 2.22. The van der Waals surface area contributed by atoms with Gasteiger partial charge in [-0.15, -0.1) is 0 Å². The van der Waals surface area contributed by atoms with Gasteiger partial charge in [0.05, 0.1) is 19.4 Å². The highest BCUT2D eigenvalue weighted by atomic mass is 79.9. The number of carbonyl (C=O) groups excluding carboxylic acids is 1. The van der Waals surface area contributed by atoms with E-state index in [4.69, 9.17) is 9.15 Å². The van der Waals surface area contributed by atoms with Gasteiger partial charge < -0.3 is 9.15 Å². The number of hydrogen-bond acceptors (Lipinski definition) is 3. The van der Waals surface area contributed by atoms with E-state index < -0.39 is 0 Å². The third-order valence-electron chi connectivity index (χ3n) is 3.96. The molecule has 3 aromatic rings. The quantitative estimate of drug-likeness (QED) is 0.521. The summed E-state index contributed by atoms with van der Waals surface area (Å²) < 4.78 is 11.9. The fraction of sp³-hybridized carbons (Fsp3) is 0.190. The average Bonchev–Trinajstić information content (AvgIpc) is 3.15. The van der Waals surface area contributed by atoms with Gasteiger partial charge in [0.15, 0.2) is 0 Å². The molecule has 0 aliphatic carbocycles. The van der Waals surface area contributed by atoms with Crippen LogP contribution in [0, 0.1) is 6.92 Å². The zero-order chi connectivity index (χ0) is 18.4. The van der Waals surface area contributed by atoms with Crippen LogP contribution < -0.4 is 0 Å². The highest BCUT2D eigenvalue weighted by Gasteiger charge is 2.18. The minimum atomic E-state index is -0.377. The van der Waals surface area contributed by atoms with Gasteiger partial charge in [-0.2, -0.15) is 0 Å². The van der Waals surface area contributed by atoms with E-state index in [1.807, 2.05) is 67.6 Å². The van der Waals surface area contributed by atoms with Crippen molar-refractivity contribution in [2.75, 3.05) is 0 Å². The largest absolute Gasteiger partial charge is 0.467 e. The Labute approximate surface area is 161 Å². The Morgan fingerprint density at radius 1 is 1.08 bits per heavy atom. The number of amides is 1. The first-order chi connectivity index (χ1) is 12.6. The Morgan fingerprint density at radius 2 is 1.88 bits per heavy atom. The van der Waals surface area contributed by atoms with E-state index in [0.29, 0.717) is 18.8 Å². The lowest BCUT2D eigenvalue weighted by Gasteiger charge is -2.22. The van der Waals surface area contributed by atoms with Crippen molar-refractivity contribution >= 4 is 22.0 Å². The number of aryl methyl sites for hydroxylation is 1. The molecule has 1 aromatic heterocycles. The Balaban J connectivity index is 1.72. The third-order valence-corrected chi connectivity index (χ3v) is 4.70. The van der Waals surface area contributed by atoms with Gasteiger partial charge in [-0.3, -0.25) is 4.90 Å². The van der Waals surface area contributed by atoms with E-state index in [0.717, 1.165) is 21.2 Å². The number of hydrogen-bond donors (Lipinski definition) is 0. The molecule has 2 aromatic carbocycles. The minimum Gasteiger partial charge on any atom is -0.467 e. The van der Waals surface area contributed by atoms with E-state index in [2.05, 4.69) is 15.9 Å². The van der Waals surface area contributed by atoms with Crippen LogP contribution >= 0.6 is 15.9 Å². The maximum absolute atomic E-state index is 12.7. The first-order valence-corrected chi connectivity index (χ1v) is 9.14. The van der Waals surface area contributed by atoms with Crippen molar-refractivity contribution in [2.24, 2.45) is 0 Å². The van der Waals surface area contributed by atoms with Crippen LogP contribution in [0.1, 0.15) is 22.5 Å². The van der Waals surface area contributed by atoms with Crippen molar-refractivity contribution in [2.45, 2.75) is 26.6 Å². The second kappa shape index (κ2) is 8.72. The number of benzene rings is 2. The summed E-state index contributed by atoms with van der Waals surface area (Å²) in [7, 11) is 0. The van der Waals surface area contributed by atoms with Crippen molar-refractivity contribution in [3.63, 3.8) is 0 Å². The van der Waals surface area contributed by atoms with Crippen LogP contribution in [0.4, 0.5) is 4.79 Å². The van der Waals surface area contributed by atoms with Crippen molar-refractivity contribution < 1.29 is 13.9 Å². The lowest BCUT2D eigenvalue weighted by molar-refractivity contribution is 0.0884. The number of halogens is 1. The number of ether oxygens (including phenoxy) is 1. The summed E-state index contributed by atoms with van der Waals surface area (Å²) >= 11 is 3.58. The summed E-state index contributed by atoms with van der Waals surface area (Å²) in [6, 6.07) is 19.4. The number of nitrogens with zero attached hydrogens (tertiary/aromatic N) is 1. The molecule has 0 atom stereocenters. The molecule has 0 N–H and O–H groups in total. The van der Waals surface area contributed by atoms with E-state index in [9.17, 15) is 4.79 Å². The first kappa shape index (κ1) is 18.3.